The van der Waals surface area contributed by atoms with Crippen LogP contribution in [-0.2, 0) is 4.79 Å². The van der Waals surface area contributed by atoms with Crippen LogP contribution in [0, 0.1) is 6.92 Å². The van der Waals surface area contributed by atoms with Crippen molar-refractivity contribution in [1.82, 2.24) is 4.90 Å². The van der Waals surface area contributed by atoms with Gasteiger partial charge in [-0.1, -0.05) is 11.6 Å². The van der Waals surface area contributed by atoms with Crippen LogP contribution in [0.4, 0.5) is 0 Å². The van der Waals surface area contributed by atoms with Gasteiger partial charge >= 0.3 is 0 Å². The predicted octanol–water partition coefficient (Wildman–Crippen LogP) is 2.64. The number of aryl methyl sites for hydroxylation is 1. The van der Waals surface area contributed by atoms with Crippen LogP contribution < -0.4 is 10.5 Å². The highest BCUT2D eigenvalue weighted by Crippen LogP contribution is 2.22. The molecular formula is C14H22Cl2N2O2. The largest absolute Gasteiger partial charge is 0.481 e. The van der Waals surface area contributed by atoms with Crippen LogP contribution in [0.1, 0.15) is 19.4 Å². The average Bonchev–Trinajstić information content (AvgIpc) is 2.40. The van der Waals surface area contributed by atoms with E-state index in [1.54, 1.807) is 31.0 Å². The molecule has 114 valence electrons. The predicted molar refractivity (Wildman–Crippen MR) is 84.8 cm³/mol. The fourth-order valence-corrected chi connectivity index (χ4v) is 1.72. The third-order valence-electron chi connectivity index (χ3n) is 3.14. The minimum absolute atomic E-state index is 0. The molecule has 2 N–H and O–H groups in total. The molecule has 0 spiro atoms. The molecule has 0 saturated heterocycles. The summed E-state index contributed by atoms with van der Waals surface area (Å²) in [4.78, 5) is 13.7. The van der Waals surface area contributed by atoms with E-state index in [4.69, 9.17) is 22.1 Å². The van der Waals surface area contributed by atoms with Crippen molar-refractivity contribution in [3.05, 3.63) is 28.8 Å². The monoisotopic (exact) mass is 320 g/mol. The SMILES string of the molecule is Cc1cc(OC(C)C(=O)N(C)C(C)CN)ccc1Cl.Cl. The van der Waals surface area contributed by atoms with Crippen LogP contribution in [-0.4, -0.2) is 36.5 Å². The molecule has 0 saturated carbocycles. The number of nitrogens with zero attached hydrogens (tertiary/aromatic N) is 1. The number of hydrogen-bond acceptors (Lipinski definition) is 3. The lowest BCUT2D eigenvalue weighted by molar-refractivity contribution is -0.138. The van der Waals surface area contributed by atoms with Gasteiger partial charge in [-0.25, -0.2) is 0 Å². The molecule has 1 aromatic carbocycles. The minimum atomic E-state index is -0.556. The zero-order chi connectivity index (χ0) is 14.6. The summed E-state index contributed by atoms with van der Waals surface area (Å²) in [5.74, 6) is 0.544. The molecule has 4 nitrogen and oxygen atoms in total. The lowest BCUT2D eigenvalue weighted by Crippen LogP contribution is -2.45. The highest BCUT2D eigenvalue weighted by molar-refractivity contribution is 6.31. The molecule has 2 unspecified atom stereocenters. The van der Waals surface area contributed by atoms with Gasteiger partial charge in [0.1, 0.15) is 5.75 Å². The summed E-state index contributed by atoms with van der Waals surface area (Å²) in [6.45, 7) is 5.95. The highest BCUT2D eigenvalue weighted by atomic mass is 35.5. The molecular weight excluding hydrogens is 299 g/mol. The van der Waals surface area contributed by atoms with Gasteiger partial charge in [-0.2, -0.15) is 0 Å². The van der Waals surface area contributed by atoms with Gasteiger partial charge in [-0.3, -0.25) is 4.79 Å². The van der Waals surface area contributed by atoms with Crippen molar-refractivity contribution in [2.75, 3.05) is 13.6 Å². The van der Waals surface area contributed by atoms with Gasteiger partial charge in [0.25, 0.3) is 5.91 Å². The summed E-state index contributed by atoms with van der Waals surface area (Å²) in [7, 11) is 1.73. The normalized spacial score (nSPS) is 13.1. The molecule has 1 rings (SSSR count). The van der Waals surface area contributed by atoms with Crippen molar-refractivity contribution in [2.24, 2.45) is 5.73 Å². The molecule has 0 fully saturated rings. The smallest absolute Gasteiger partial charge is 0.263 e. The third kappa shape index (κ3) is 4.85. The van der Waals surface area contributed by atoms with Gasteiger partial charge in [-0.15, -0.1) is 12.4 Å². The minimum Gasteiger partial charge on any atom is -0.481 e. The van der Waals surface area contributed by atoms with Crippen LogP contribution in [0.15, 0.2) is 18.2 Å². The fraction of sp³-hybridized carbons (Fsp3) is 0.500. The Labute approximate surface area is 131 Å². The first-order chi connectivity index (χ1) is 8.86. The van der Waals surface area contributed by atoms with Crippen LogP contribution in [0.3, 0.4) is 0 Å². The quantitative estimate of drug-likeness (QED) is 0.907. The van der Waals surface area contributed by atoms with Crippen molar-refractivity contribution in [1.29, 1.82) is 0 Å². The molecule has 2 atom stereocenters. The van der Waals surface area contributed by atoms with Gasteiger partial charge in [0.15, 0.2) is 6.10 Å². The van der Waals surface area contributed by atoms with E-state index in [0.29, 0.717) is 17.3 Å². The molecule has 0 aliphatic heterocycles. The van der Waals surface area contributed by atoms with Gasteiger partial charge in [0, 0.05) is 24.7 Å². The summed E-state index contributed by atoms with van der Waals surface area (Å²) in [6.07, 6.45) is -0.556. The molecule has 1 amide bonds. The molecule has 0 aliphatic carbocycles. The lowest BCUT2D eigenvalue weighted by atomic mass is 10.2. The molecule has 6 heteroatoms. The Bertz CT molecular complexity index is 455. The second-order valence-corrected chi connectivity index (χ2v) is 5.11. The van der Waals surface area contributed by atoms with Crippen molar-refractivity contribution >= 4 is 29.9 Å². The molecule has 20 heavy (non-hydrogen) atoms. The Morgan fingerprint density at radius 3 is 2.55 bits per heavy atom. The number of carbonyl (C=O) groups is 1. The second kappa shape index (κ2) is 8.35. The van der Waals surface area contributed by atoms with E-state index in [2.05, 4.69) is 0 Å². The zero-order valence-corrected chi connectivity index (χ0v) is 13.8. The third-order valence-corrected chi connectivity index (χ3v) is 3.56. The standard InChI is InChI=1S/C14H21ClN2O2.ClH/c1-9-7-12(5-6-13(9)15)19-11(3)14(18)17(4)10(2)8-16;/h5-7,10-11H,8,16H2,1-4H3;1H. The Morgan fingerprint density at radius 2 is 2.05 bits per heavy atom. The average molecular weight is 321 g/mol. The molecule has 0 bridgehead atoms. The van der Waals surface area contributed by atoms with E-state index in [-0.39, 0.29) is 24.4 Å². The van der Waals surface area contributed by atoms with Gasteiger partial charge in [0.2, 0.25) is 0 Å². The van der Waals surface area contributed by atoms with E-state index >= 15 is 0 Å². The summed E-state index contributed by atoms with van der Waals surface area (Å²) in [6, 6.07) is 5.32. The Hall–Kier alpha value is -0.970. The van der Waals surface area contributed by atoms with Crippen molar-refractivity contribution in [3.8, 4) is 5.75 Å². The maximum atomic E-state index is 12.1. The molecule has 0 aromatic heterocycles. The fourth-order valence-electron chi connectivity index (χ4n) is 1.61. The van der Waals surface area contributed by atoms with E-state index < -0.39 is 6.10 Å². The van der Waals surface area contributed by atoms with E-state index in [9.17, 15) is 4.79 Å². The number of ether oxygens (including phenoxy) is 1. The topological polar surface area (TPSA) is 55.6 Å². The second-order valence-electron chi connectivity index (χ2n) is 4.70. The van der Waals surface area contributed by atoms with Gasteiger partial charge < -0.3 is 15.4 Å². The van der Waals surface area contributed by atoms with E-state index in [1.807, 2.05) is 19.9 Å². The Balaban J connectivity index is 0.00000361. The number of nitrogens with two attached hydrogens (primary N) is 1. The molecule has 1 aromatic rings. The summed E-state index contributed by atoms with van der Waals surface area (Å²) < 4.78 is 5.64. The number of rotatable bonds is 5. The number of benzene rings is 1. The zero-order valence-electron chi connectivity index (χ0n) is 12.2. The number of hydrogen-bond donors (Lipinski definition) is 1. The lowest BCUT2D eigenvalue weighted by Gasteiger charge is -2.27. The first-order valence-corrected chi connectivity index (χ1v) is 6.64. The van der Waals surface area contributed by atoms with Gasteiger partial charge in [-0.05, 0) is 44.5 Å². The highest BCUT2D eigenvalue weighted by Gasteiger charge is 2.22. The van der Waals surface area contributed by atoms with Gasteiger partial charge in [0.05, 0.1) is 0 Å². The Kier molecular flexibility index (Phi) is 7.94. The number of carbonyl (C=O) groups excluding carboxylic acids is 1. The van der Waals surface area contributed by atoms with Crippen LogP contribution in [0.5, 0.6) is 5.75 Å². The maximum Gasteiger partial charge on any atom is 0.263 e. The summed E-state index contributed by atoms with van der Waals surface area (Å²) in [5.41, 5.74) is 6.47. The van der Waals surface area contributed by atoms with Crippen LogP contribution >= 0.6 is 24.0 Å². The molecule has 0 heterocycles. The van der Waals surface area contributed by atoms with E-state index in [0.717, 1.165) is 5.56 Å². The van der Waals surface area contributed by atoms with Crippen LogP contribution in [0.25, 0.3) is 0 Å². The number of likely N-dealkylation sites (N-methyl/N-ethyl adjacent to an activating group) is 1. The van der Waals surface area contributed by atoms with Crippen LogP contribution in [0.2, 0.25) is 5.02 Å². The summed E-state index contributed by atoms with van der Waals surface area (Å²) >= 11 is 5.95. The van der Waals surface area contributed by atoms with Crippen molar-refractivity contribution in [2.45, 2.75) is 32.9 Å². The first-order valence-electron chi connectivity index (χ1n) is 6.26. The van der Waals surface area contributed by atoms with Crippen molar-refractivity contribution < 1.29 is 9.53 Å². The molecule has 0 radical (unpaired) electrons. The first kappa shape index (κ1) is 19.0. The molecule has 0 aliphatic rings. The van der Waals surface area contributed by atoms with E-state index in [1.165, 1.54) is 0 Å². The number of halogens is 2. The number of amides is 1. The maximum absolute atomic E-state index is 12.1. The summed E-state index contributed by atoms with van der Waals surface area (Å²) in [5, 5.41) is 0.681. The van der Waals surface area contributed by atoms with Crippen molar-refractivity contribution in [3.63, 3.8) is 0 Å². The Morgan fingerprint density at radius 1 is 1.45 bits per heavy atom.